The number of fused-ring (bicyclic) bond motifs is 2. The molecule has 0 saturated carbocycles. The van der Waals surface area contributed by atoms with Crippen molar-refractivity contribution < 1.29 is 4.79 Å². The predicted octanol–water partition coefficient (Wildman–Crippen LogP) is 3.45. The largest absolute Gasteiger partial charge is 0.308 e. The molecule has 122 valence electrons. The van der Waals surface area contributed by atoms with Gasteiger partial charge in [-0.05, 0) is 48.1 Å². The minimum atomic E-state index is -0.00755. The van der Waals surface area contributed by atoms with E-state index >= 15 is 0 Å². The molecule has 24 heavy (non-hydrogen) atoms. The molecule has 0 saturated heterocycles. The molecule has 0 fully saturated rings. The average Bonchev–Trinajstić information content (AvgIpc) is 3.08. The number of carbonyl (C=O) groups excluding carboxylic acids is 1. The van der Waals surface area contributed by atoms with Crippen molar-refractivity contribution in [1.82, 2.24) is 14.6 Å². The molecule has 5 heteroatoms. The van der Waals surface area contributed by atoms with Gasteiger partial charge in [-0.25, -0.2) is 0 Å². The van der Waals surface area contributed by atoms with Crippen LogP contribution in [0.2, 0.25) is 0 Å². The molecular formula is C19H20N4O. The number of rotatable bonds is 2. The van der Waals surface area contributed by atoms with Crippen LogP contribution in [0.3, 0.4) is 0 Å². The molecule has 0 radical (unpaired) electrons. The summed E-state index contributed by atoms with van der Waals surface area (Å²) in [6, 6.07) is 10.1. The molecule has 0 bridgehead atoms. The summed E-state index contributed by atoms with van der Waals surface area (Å²) < 4.78 is 1.78. The Hall–Kier alpha value is -2.69. The fraction of sp³-hybridized carbons (Fsp3) is 0.316. The molecule has 1 aliphatic heterocycles. The minimum absolute atomic E-state index is 0.00755. The Morgan fingerprint density at radius 1 is 1.25 bits per heavy atom. The van der Waals surface area contributed by atoms with E-state index < -0.39 is 0 Å². The third-order valence-electron chi connectivity index (χ3n) is 4.69. The summed E-state index contributed by atoms with van der Waals surface area (Å²) >= 11 is 0. The normalized spacial score (nSPS) is 14.2. The summed E-state index contributed by atoms with van der Waals surface area (Å²) in [5.41, 5.74) is 4.80. The first-order valence-electron chi connectivity index (χ1n) is 8.38. The first kappa shape index (κ1) is 14.9. The summed E-state index contributed by atoms with van der Waals surface area (Å²) in [6.45, 7) is 5.13. The number of hydrogen-bond acceptors (Lipinski definition) is 3. The molecule has 1 aliphatic rings. The van der Waals surface area contributed by atoms with Crippen molar-refractivity contribution in [3.05, 3.63) is 59.5 Å². The second-order valence-electron chi connectivity index (χ2n) is 6.59. The molecule has 0 N–H and O–H groups in total. The van der Waals surface area contributed by atoms with Crippen LogP contribution in [0.4, 0.5) is 5.69 Å². The molecule has 3 aromatic rings. The topological polar surface area (TPSA) is 50.5 Å². The standard InChI is InChI=1S/C19H20N4O/c1-13(2)14-7-8-17-15(11-14)5-3-10-23(17)19(24)16-6-4-9-22-12-20-21-18(16)22/h4,6-9,11-13H,3,5,10H2,1-2H3. The molecule has 3 heterocycles. The monoisotopic (exact) mass is 320 g/mol. The maximum absolute atomic E-state index is 13.1. The molecule has 0 aliphatic carbocycles. The zero-order chi connectivity index (χ0) is 16.7. The fourth-order valence-electron chi connectivity index (χ4n) is 3.35. The highest BCUT2D eigenvalue weighted by Crippen LogP contribution is 2.31. The predicted molar refractivity (Wildman–Crippen MR) is 93.5 cm³/mol. The van der Waals surface area contributed by atoms with Gasteiger partial charge in [0, 0.05) is 18.4 Å². The lowest BCUT2D eigenvalue weighted by molar-refractivity contribution is 0.0986. The summed E-state index contributed by atoms with van der Waals surface area (Å²) in [4.78, 5) is 15.0. The molecule has 1 aromatic carbocycles. The number of nitrogens with zero attached hydrogens (tertiary/aromatic N) is 4. The van der Waals surface area contributed by atoms with Crippen molar-refractivity contribution in [1.29, 1.82) is 0 Å². The average molecular weight is 320 g/mol. The Bertz CT molecular complexity index is 913. The minimum Gasteiger partial charge on any atom is -0.308 e. The number of aromatic nitrogens is 3. The highest BCUT2D eigenvalue weighted by atomic mass is 16.2. The van der Waals surface area contributed by atoms with E-state index in [-0.39, 0.29) is 5.91 Å². The van der Waals surface area contributed by atoms with E-state index in [1.807, 2.05) is 23.2 Å². The van der Waals surface area contributed by atoms with Gasteiger partial charge in [0.2, 0.25) is 0 Å². The van der Waals surface area contributed by atoms with Gasteiger partial charge in [0.1, 0.15) is 6.33 Å². The third kappa shape index (κ3) is 2.37. The molecule has 4 rings (SSSR count). The maximum Gasteiger partial charge on any atom is 0.262 e. The van der Waals surface area contributed by atoms with Gasteiger partial charge in [0.15, 0.2) is 5.65 Å². The van der Waals surface area contributed by atoms with Crippen LogP contribution >= 0.6 is 0 Å². The van der Waals surface area contributed by atoms with Gasteiger partial charge in [-0.1, -0.05) is 26.0 Å². The van der Waals surface area contributed by atoms with Gasteiger partial charge in [0.25, 0.3) is 5.91 Å². The molecule has 0 atom stereocenters. The number of anilines is 1. The Labute approximate surface area is 140 Å². The number of aryl methyl sites for hydroxylation is 1. The molecule has 0 spiro atoms. The van der Waals surface area contributed by atoms with Gasteiger partial charge in [0.05, 0.1) is 5.56 Å². The van der Waals surface area contributed by atoms with Crippen LogP contribution in [-0.4, -0.2) is 27.0 Å². The third-order valence-corrected chi connectivity index (χ3v) is 4.69. The van der Waals surface area contributed by atoms with Crippen LogP contribution in [0.15, 0.2) is 42.9 Å². The second-order valence-corrected chi connectivity index (χ2v) is 6.59. The number of benzene rings is 1. The smallest absolute Gasteiger partial charge is 0.262 e. The molecule has 2 aromatic heterocycles. The van der Waals surface area contributed by atoms with E-state index in [0.29, 0.717) is 17.1 Å². The van der Waals surface area contributed by atoms with Crippen molar-refractivity contribution in [3.63, 3.8) is 0 Å². The summed E-state index contributed by atoms with van der Waals surface area (Å²) in [5.74, 6) is 0.484. The Morgan fingerprint density at radius 3 is 2.96 bits per heavy atom. The van der Waals surface area contributed by atoms with Crippen molar-refractivity contribution in [3.8, 4) is 0 Å². The first-order chi connectivity index (χ1) is 11.6. The van der Waals surface area contributed by atoms with Crippen LogP contribution < -0.4 is 4.90 Å². The number of amides is 1. The lowest BCUT2D eigenvalue weighted by Gasteiger charge is -2.30. The van der Waals surface area contributed by atoms with Gasteiger partial charge in [-0.2, -0.15) is 0 Å². The molecular weight excluding hydrogens is 300 g/mol. The fourth-order valence-corrected chi connectivity index (χ4v) is 3.35. The Kier molecular flexibility index (Phi) is 3.56. The van der Waals surface area contributed by atoms with Crippen molar-refractivity contribution in [2.45, 2.75) is 32.6 Å². The summed E-state index contributed by atoms with van der Waals surface area (Å²) in [6.07, 6.45) is 5.47. The lowest BCUT2D eigenvalue weighted by atomic mass is 9.94. The van der Waals surface area contributed by atoms with E-state index in [4.69, 9.17) is 0 Å². The summed E-state index contributed by atoms with van der Waals surface area (Å²) in [5, 5.41) is 8.00. The maximum atomic E-state index is 13.1. The SMILES string of the molecule is CC(C)c1ccc2c(c1)CCCN2C(=O)c1cccn2cnnc12. The zero-order valence-electron chi connectivity index (χ0n) is 13.9. The number of pyridine rings is 1. The second kappa shape index (κ2) is 5.74. The quantitative estimate of drug-likeness (QED) is 0.727. The Balaban J connectivity index is 1.76. The van der Waals surface area contributed by atoms with E-state index in [0.717, 1.165) is 25.1 Å². The zero-order valence-corrected chi connectivity index (χ0v) is 13.9. The van der Waals surface area contributed by atoms with E-state index in [1.165, 1.54) is 11.1 Å². The van der Waals surface area contributed by atoms with Crippen LogP contribution in [0.25, 0.3) is 5.65 Å². The van der Waals surface area contributed by atoms with E-state index in [2.05, 4.69) is 42.2 Å². The Morgan fingerprint density at radius 2 is 2.12 bits per heavy atom. The van der Waals surface area contributed by atoms with Crippen LogP contribution in [0.5, 0.6) is 0 Å². The van der Waals surface area contributed by atoms with Gasteiger partial charge >= 0.3 is 0 Å². The molecule has 0 unspecified atom stereocenters. The highest BCUT2D eigenvalue weighted by molar-refractivity contribution is 6.10. The molecule has 5 nitrogen and oxygen atoms in total. The van der Waals surface area contributed by atoms with Gasteiger partial charge < -0.3 is 4.90 Å². The van der Waals surface area contributed by atoms with Crippen LogP contribution in [0, 0.1) is 0 Å². The number of hydrogen-bond donors (Lipinski definition) is 0. The van der Waals surface area contributed by atoms with Gasteiger partial charge in [-0.3, -0.25) is 9.20 Å². The van der Waals surface area contributed by atoms with E-state index in [9.17, 15) is 4.79 Å². The van der Waals surface area contributed by atoms with Crippen LogP contribution in [0.1, 0.15) is 47.7 Å². The highest BCUT2D eigenvalue weighted by Gasteiger charge is 2.25. The van der Waals surface area contributed by atoms with Crippen molar-refractivity contribution in [2.24, 2.45) is 0 Å². The lowest BCUT2D eigenvalue weighted by Crippen LogP contribution is -2.35. The van der Waals surface area contributed by atoms with Gasteiger partial charge in [-0.15, -0.1) is 10.2 Å². The summed E-state index contributed by atoms with van der Waals surface area (Å²) in [7, 11) is 0. The van der Waals surface area contributed by atoms with Crippen LogP contribution in [-0.2, 0) is 6.42 Å². The van der Waals surface area contributed by atoms with Crippen molar-refractivity contribution >= 4 is 17.2 Å². The first-order valence-corrected chi connectivity index (χ1v) is 8.38. The molecule has 1 amide bonds. The van der Waals surface area contributed by atoms with E-state index in [1.54, 1.807) is 10.7 Å². The van der Waals surface area contributed by atoms with Crippen molar-refractivity contribution in [2.75, 3.05) is 11.4 Å². The number of carbonyl (C=O) groups is 1.